The van der Waals surface area contributed by atoms with Crippen LogP contribution in [0, 0.1) is 20.2 Å². The Morgan fingerprint density at radius 2 is 1.66 bits per heavy atom. The largest absolute Gasteiger partial charge is 1.00 e. The predicted octanol–water partition coefficient (Wildman–Crippen LogP) is 4.04. The van der Waals surface area contributed by atoms with Crippen LogP contribution in [0.1, 0.15) is 24.4 Å². The van der Waals surface area contributed by atoms with Crippen molar-refractivity contribution in [3.05, 3.63) is 109 Å². The van der Waals surface area contributed by atoms with E-state index < -0.39 is 0 Å². The second-order valence-corrected chi connectivity index (χ2v) is 10.4. The van der Waals surface area contributed by atoms with E-state index in [4.69, 9.17) is 0 Å². The number of hydrogen-bond acceptors (Lipinski definition) is 7. The molecule has 0 amide bonds. The molecule has 11 heteroatoms. The van der Waals surface area contributed by atoms with Gasteiger partial charge < -0.3 is 28.9 Å². The number of fused-ring (bicyclic) bond motifs is 2. The van der Waals surface area contributed by atoms with Gasteiger partial charge >= 0.3 is 0 Å². The zero-order valence-electron chi connectivity index (χ0n) is 20.5. The minimum absolute atomic E-state index is 0. The number of nitro groups is 2. The first-order valence-corrected chi connectivity index (χ1v) is 13.4. The number of aryl methyl sites for hydroxylation is 1. The van der Waals surface area contributed by atoms with Crippen LogP contribution < -0.4 is 33.4 Å². The SMILES string of the molecule is CCN1C(=CC(=Cc2sc3cc([N+](=O)[O-])ccc3[n+]2CC)c2ccccc2)Sc2cc([N+](=O)[O-])ccc21.[I-]. The average Bonchev–Trinajstić information content (AvgIpc) is 3.44. The molecule has 0 fully saturated rings. The van der Waals surface area contributed by atoms with E-state index in [0.717, 1.165) is 42.0 Å². The molecule has 0 atom stereocenters. The van der Waals surface area contributed by atoms with E-state index in [0.29, 0.717) is 13.1 Å². The summed E-state index contributed by atoms with van der Waals surface area (Å²) in [6, 6.07) is 20.0. The van der Waals surface area contributed by atoms with E-state index in [1.807, 2.05) is 30.3 Å². The molecule has 0 radical (unpaired) electrons. The van der Waals surface area contributed by atoms with Gasteiger partial charge in [-0.15, -0.1) is 0 Å². The molecule has 0 unspecified atom stereocenters. The number of non-ortho nitro benzene ring substituents is 2. The number of allylic oxidation sites excluding steroid dienone is 2. The van der Waals surface area contributed by atoms with Crippen molar-refractivity contribution in [2.24, 2.45) is 0 Å². The van der Waals surface area contributed by atoms with Crippen molar-refractivity contribution >= 4 is 62.0 Å². The second-order valence-electron chi connectivity index (χ2n) is 8.30. The van der Waals surface area contributed by atoms with Gasteiger partial charge in [0.25, 0.3) is 16.4 Å². The highest BCUT2D eigenvalue weighted by Gasteiger charge is 2.27. The third-order valence-electron chi connectivity index (χ3n) is 6.15. The molecule has 0 aliphatic carbocycles. The Morgan fingerprint density at radius 1 is 0.974 bits per heavy atom. The lowest BCUT2D eigenvalue weighted by molar-refractivity contribution is -0.665. The van der Waals surface area contributed by atoms with Crippen molar-refractivity contribution in [2.75, 3.05) is 11.4 Å². The summed E-state index contributed by atoms with van der Waals surface area (Å²) < 4.78 is 3.01. The number of hydrogen-bond donors (Lipinski definition) is 0. The average molecular weight is 659 g/mol. The van der Waals surface area contributed by atoms with E-state index in [1.54, 1.807) is 36.4 Å². The third kappa shape index (κ3) is 5.31. The van der Waals surface area contributed by atoms with Crippen molar-refractivity contribution in [2.45, 2.75) is 25.3 Å². The number of thioether (sulfide) groups is 1. The summed E-state index contributed by atoms with van der Waals surface area (Å²) in [5.41, 5.74) is 4.06. The molecule has 1 aromatic heterocycles. The van der Waals surface area contributed by atoms with E-state index >= 15 is 0 Å². The van der Waals surface area contributed by atoms with Crippen LogP contribution in [0.2, 0.25) is 0 Å². The van der Waals surface area contributed by atoms with Crippen molar-refractivity contribution < 1.29 is 38.4 Å². The van der Waals surface area contributed by atoms with Crippen molar-refractivity contribution in [1.29, 1.82) is 0 Å². The molecule has 0 spiro atoms. The van der Waals surface area contributed by atoms with Gasteiger partial charge in [0.15, 0.2) is 0 Å². The van der Waals surface area contributed by atoms with Gasteiger partial charge in [-0.25, -0.2) is 0 Å². The third-order valence-corrected chi connectivity index (χ3v) is 8.34. The van der Waals surface area contributed by atoms with Crippen molar-refractivity contribution in [1.82, 2.24) is 0 Å². The molecule has 3 aromatic carbocycles. The van der Waals surface area contributed by atoms with Crippen molar-refractivity contribution in [3.8, 4) is 0 Å². The first kappa shape index (κ1) is 27.7. The van der Waals surface area contributed by atoms with Crippen LogP contribution in [-0.2, 0) is 6.54 Å². The molecule has 194 valence electrons. The van der Waals surface area contributed by atoms with E-state index in [1.165, 1.54) is 23.1 Å². The van der Waals surface area contributed by atoms with Crippen molar-refractivity contribution in [3.63, 3.8) is 0 Å². The minimum Gasteiger partial charge on any atom is -1.00 e. The topological polar surface area (TPSA) is 93.4 Å². The minimum atomic E-state index is -0.372. The molecule has 8 nitrogen and oxygen atoms in total. The van der Waals surface area contributed by atoms with E-state index in [-0.39, 0.29) is 45.2 Å². The molecule has 0 bridgehead atoms. The number of nitrogens with zero attached hydrogens (tertiary/aromatic N) is 4. The number of anilines is 1. The van der Waals surface area contributed by atoms with E-state index in [9.17, 15) is 20.2 Å². The number of rotatable bonds is 7. The summed E-state index contributed by atoms with van der Waals surface area (Å²) in [5, 5.41) is 24.6. The Balaban J connectivity index is 0.00000336. The quantitative estimate of drug-likeness (QED) is 0.129. The fourth-order valence-corrected chi connectivity index (χ4v) is 6.81. The summed E-state index contributed by atoms with van der Waals surface area (Å²) >= 11 is 3.04. The first-order valence-electron chi connectivity index (χ1n) is 11.7. The molecular weight excluding hydrogens is 635 g/mol. The fraction of sp³-hybridized carbons (Fsp3) is 0.148. The zero-order valence-corrected chi connectivity index (χ0v) is 24.3. The fourth-order valence-electron chi connectivity index (χ4n) is 4.39. The molecule has 38 heavy (non-hydrogen) atoms. The van der Waals surface area contributed by atoms with Crippen LogP contribution in [0.3, 0.4) is 0 Å². The molecule has 0 N–H and O–H groups in total. The Bertz CT molecular complexity index is 1600. The second kappa shape index (κ2) is 11.6. The van der Waals surface area contributed by atoms with Crippen LogP contribution in [0.15, 0.2) is 82.7 Å². The number of thiazole rings is 1. The normalized spacial score (nSPS) is 14.0. The molecular formula is C27H23IN4O4S2. The maximum absolute atomic E-state index is 11.3. The van der Waals surface area contributed by atoms with Crippen LogP contribution in [-0.4, -0.2) is 16.4 Å². The van der Waals surface area contributed by atoms with E-state index in [2.05, 4.69) is 35.5 Å². The smallest absolute Gasteiger partial charge is 0.271 e. The molecule has 1 aliphatic heterocycles. The highest BCUT2D eigenvalue weighted by Crippen LogP contribution is 2.48. The highest BCUT2D eigenvalue weighted by molar-refractivity contribution is 8.03. The highest BCUT2D eigenvalue weighted by atomic mass is 127. The van der Waals surface area contributed by atoms with Gasteiger partial charge in [0.2, 0.25) is 5.52 Å². The lowest BCUT2D eigenvalue weighted by Crippen LogP contribution is -3.00. The van der Waals surface area contributed by atoms with Crippen LogP contribution in [0.4, 0.5) is 17.1 Å². The summed E-state index contributed by atoms with van der Waals surface area (Å²) in [4.78, 5) is 24.9. The van der Waals surface area contributed by atoms with Crippen LogP contribution in [0.5, 0.6) is 0 Å². The van der Waals surface area contributed by atoms with Gasteiger partial charge in [0.05, 0.1) is 20.6 Å². The molecule has 4 aromatic rings. The molecule has 0 saturated heterocycles. The Labute approximate surface area is 244 Å². The molecule has 1 aliphatic rings. The monoisotopic (exact) mass is 658 g/mol. The number of aromatic nitrogens is 1. The molecule has 0 saturated carbocycles. The molecule has 5 rings (SSSR count). The number of nitro benzene ring substituents is 2. The van der Waals surface area contributed by atoms with Crippen LogP contribution >= 0.6 is 23.1 Å². The Morgan fingerprint density at radius 3 is 2.32 bits per heavy atom. The molecule has 2 heterocycles. The number of benzene rings is 3. The predicted molar refractivity (Wildman–Crippen MR) is 149 cm³/mol. The summed E-state index contributed by atoms with van der Waals surface area (Å²) in [7, 11) is 0. The zero-order chi connectivity index (χ0) is 26.1. The standard InChI is InChI=1S/C27H23N4O4S2.HI/c1-3-28-22-12-10-20(30(32)33)16-24(22)36-26(28)14-19(18-8-6-5-7-9-18)15-27-29(4-2)23-13-11-21(31(34)35)17-25(23)37-27;/h5-17H,3-4H2,1-2H3;1H/q+1;/p-1. The maximum Gasteiger partial charge on any atom is 0.271 e. The lowest BCUT2D eigenvalue weighted by Gasteiger charge is -2.18. The Hall–Kier alpha value is -3.29. The summed E-state index contributed by atoms with van der Waals surface area (Å²) in [6.07, 6.45) is 4.23. The van der Waals surface area contributed by atoms with Crippen LogP contribution in [0.25, 0.3) is 21.9 Å². The van der Waals surface area contributed by atoms with Gasteiger partial charge in [-0.2, -0.15) is 4.57 Å². The van der Waals surface area contributed by atoms with Gasteiger partial charge in [0.1, 0.15) is 11.2 Å². The van der Waals surface area contributed by atoms with Gasteiger partial charge in [-0.3, -0.25) is 20.2 Å². The first-order chi connectivity index (χ1) is 17.9. The van der Waals surface area contributed by atoms with Gasteiger partial charge in [-0.1, -0.05) is 53.4 Å². The summed E-state index contributed by atoms with van der Waals surface area (Å²) in [5.74, 6) is 0. The number of halogens is 1. The Kier molecular flexibility index (Phi) is 8.48. The van der Waals surface area contributed by atoms with Gasteiger partial charge in [0, 0.05) is 47.8 Å². The lowest BCUT2D eigenvalue weighted by atomic mass is 10.1. The van der Waals surface area contributed by atoms with Gasteiger partial charge in [-0.05, 0) is 37.1 Å². The maximum atomic E-state index is 11.3. The summed E-state index contributed by atoms with van der Waals surface area (Å²) in [6.45, 7) is 5.54.